The van der Waals surface area contributed by atoms with Crippen molar-refractivity contribution in [3.05, 3.63) is 17.5 Å². The molecule has 2 rings (SSSR count). The molecule has 1 N–H and O–H groups in total. The number of hydrogen-bond donors (Lipinski definition) is 1. The van der Waals surface area contributed by atoms with Crippen molar-refractivity contribution < 1.29 is 9.90 Å². The number of hydrogen-bond acceptors (Lipinski definition) is 4. The molecule has 0 unspecified atom stereocenters. The Kier molecular flexibility index (Phi) is 5.71. The zero-order chi connectivity index (χ0) is 18.1. The van der Waals surface area contributed by atoms with Gasteiger partial charge in [-0.1, -0.05) is 13.8 Å². The van der Waals surface area contributed by atoms with E-state index in [4.69, 9.17) is 0 Å². The highest BCUT2D eigenvalue weighted by Gasteiger charge is 2.28. The van der Waals surface area contributed by atoms with E-state index in [0.717, 1.165) is 18.8 Å². The van der Waals surface area contributed by atoms with Gasteiger partial charge in [-0.25, -0.2) is 0 Å². The molecule has 1 aliphatic heterocycles. The Morgan fingerprint density at radius 2 is 1.79 bits per heavy atom. The molecule has 1 aliphatic rings. The number of rotatable bonds is 4. The summed E-state index contributed by atoms with van der Waals surface area (Å²) in [7, 11) is 0. The lowest BCUT2D eigenvalue weighted by atomic mass is 10.1. The van der Waals surface area contributed by atoms with Gasteiger partial charge in [-0.2, -0.15) is 5.10 Å². The molecule has 136 valence electrons. The summed E-state index contributed by atoms with van der Waals surface area (Å²) in [6.07, 6.45) is -0.330. The third-order valence-corrected chi connectivity index (χ3v) is 4.36. The largest absolute Gasteiger partial charge is 0.392 e. The van der Waals surface area contributed by atoms with E-state index >= 15 is 0 Å². The molecule has 1 saturated heterocycles. The summed E-state index contributed by atoms with van der Waals surface area (Å²) in [6, 6.07) is 1.94. The third kappa shape index (κ3) is 4.36. The van der Waals surface area contributed by atoms with Crippen molar-refractivity contribution in [1.29, 1.82) is 0 Å². The van der Waals surface area contributed by atoms with E-state index in [1.807, 2.05) is 15.6 Å². The summed E-state index contributed by atoms with van der Waals surface area (Å²) < 4.78 is 1.98. The van der Waals surface area contributed by atoms with E-state index in [0.29, 0.717) is 31.2 Å². The molecule has 1 fully saturated rings. The fraction of sp³-hybridized carbons (Fsp3) is 0.778. The van der Waals surface area contributed by atoms with Crippen LogP contribution in [0.3, 0.4) is 0 Å². The minimum Gasteiger partial charge on any atom is -0.392 e. The first kappa shape index (κ1) is 18.9. The van der Waals surface area contributed by atoms with Crippen molar-refractivity contribution in [2.75, 3.05) is 32.7 Å². The van der Waals surface area contributed by atoms with Crippen molar-refractivity contribution in [2.24, 2.45) is 0 Å². The lowest BCUT2D eigenvalue weighted by Gasteiger charge is -2.34. The zero-order valence-corrected chi connectivity index (χ0v) is 15.9. The first-order chi connectivity index (χ1) is 11.1. The standard InChI is InChI=1S/C18H32N4O2/c1-13(2)16-11-15(19-22(16)18(4,5)6)17(24)21-9-7-20(8-10-21)12-14(3)23/h11,13-14,23H,7-10,12H2,1-6H3/t14-/m1/s1. The van der Waals surface area contributed by atoms with E-state index in [-0.39, 0.29) is 17.6 Å². The van der Waals surface area contributed by atoms with Gasteiger partial charge in [0.2, 0.25) is 0 Å². The van der Waals surface area contributed by atoms with Gasteiger partial charge in [0.25, 0.3) is 5.91 Å². The molecular weight excluding hydrogens is 304 g/mol. The molecule has 6 nitrogen and oxygen atoms in total. The molecule has 0 spiro atoms. The number of β-amino-alcohol motifs (C(OH)–C–C–N with tert-alkyl or cyclic N) is 1. The molecule has 0 radical (unpaired) electrons. The van der Waals surface area contributed by atoms with Gasteiger partial charge >= 0.3 is 0 Å². The molecule has 0 aromatic carbocycles. The summed E-state index contributed by atoms with van der Waals surface area (Å²) in [5, 5.41) is 14.1. The lowest BCUT2D eigenvalue weighted by Crippen LogP contribution is -2.50. The SMILES string of the molecule is CC(C)c1cc(C(=O)N2CCN(C[C@@H](C)O)CC2)nn1C(C)(C)C. The number of piperazine rings is 1. The zero-order valence-electron chi connectivity index (χ0n) is 15.9. The normalized spacial score (nSPS) is 18.2. The fourth-order valence-electron chi connectivity index (χ4n) is 3.12. The second kappa shape index (κ2) is 7.23. The van der Waals surface area contributed by atoms with E-state index in [9.17, 15) is 9.90 Å². The molecule has 24 heavy (non-hydrogen) atoms. The quantitative estimate of drug-likeness (QED) is 0.912. The average Bonchev–Trinajstić information content (AvgIpc) is 2.92. The Morgan fingerprint density at radius 1 is 1.21 bits per heavy atom. The predicted molar refractivity (Wildman–Crippen MR) is 95.3 cm³/mol. The Hall–Kier alpha value is -1.40. The summed E-state index contributed by atoms with van der Waals surface area (Å²) >= 11 is 0. The van der Waals surface area contributed by atoms with Crippen LogP contribution < -0.4 is 0 Å². The van der Waals surface area contributed by atoms with E-state index < -0.39 is 0 Å². The minimum atomic E-state index is -0.330. The number of amides is 1. The van der Waals surface area contributed by atoms with Crippen LogP contribution in [-0.4, -0.2) is 69.4 Å². The van der Waals surface area contributed by atoms with Gasteiger partial charge in [0.1, 0.15) is 0 Å². The number of aliphatic hydroxyl groups excluding tert-OH is 1. The van der Waals surface area contributed by atoms with E-state index in [2.05, 4.69) is 44.6 Å². The first-order valence-corrected chi connectivity index (χ1v) is 8.89. The Balaban J connectivity index is 2.11. The maximum absolute atomic E-state index is 12.8. The van der Waals surface area contributed by atoms with Crippen LogP contribution in [0.15, 0.2) is 6.07 Å². The lowest BCUT2D eigenvalue weighted by molar-refractivity contribution is 0.0548. The molecule has 0 aliphatic carbocycles. The second-order valence-corrected chi connectivity index (χ2v) is 8.13. The molecule has 0 bridgehead atoms. The van der Waals surface area contributed by atoms with Gasteiger partial charge in [0.05, 0.1) is 11.6 Å². The van der Waals surface area contributed by atoms with Crippen LogP contribution in [0.2, 0.25) is 0 Å². The van der Waals surface area contributed by atoms with E-state index in [1.54, 1.807) is 6.92 Å². The van der Waals surface area contributed by atoms with Gasteiger partial charge in [-0.05, 0) is 39.7 Å². The summed E-state index contributed by atoms with van der Waals surface area (Å²) in [6.45, 7) is 16.0. The summed E-state index contributed by atoms with van der Waals surface area (Å²) in [5.41, 5.74) is 1.49. The number of carbonyl (C=O) groups excluding carboxylic acids is 1. The maximum atomic E-state index is 12.8. The van der Waals surface area contributed by atoms with Crippen molar-refractivity contribution in [1.82, 2.24) is 19.6 Å². The molecule has 2 heterocycles. The molecule has 1 aromatic heterocycles. The molecule has 6 heteroatoms. The van der Waals surface area contributed by atoms with Crippen LogP contribution in [0.25, 0.3) is 0 Å². The smallest absolute Gasteiger partial charge is 0.274 e. The maximum Gasteiger partial charge on any atom is 0.274 e. The molecular formula is C18H32N4O2. The van der Waals surface area contributed by atoms with Crippen molar-refractivity contribution >= 4 is 5.91 Å². The summed E-state index contributed by atoms with van der Waals surface area (Å²) in [4.78, 5) is 16.9. The fourth-order valence-corrected chi connectivity index (χ4v) is 3.12. The summed E-state index contributed by atoms with van der Waals surface area (Å²) in [5.74, 6) is 0.331. The van der Waals surface area contributed by atoms with E-state index in [1.165, 1.54) is 0 Å². The highest BCUT2D eigenvalue weighted by molar-refractivity contribution is 5.92. The number of nitrogens with zero attached hydrogens (tertiary/aromatic N) is 4. The monoisotopic (exact) mass is 336 g/mol. The van der Waals surface area contributed by atoms with Crippen LogP contribution in [0.4, 0.5) is 0 Å². The molecule has 1 aromatic rings. The molecule has 0 saturated carbocycles. The number of aromatic nitrogens is 2. The van der Waals surface area contributed by atoms with Gasteiger partial charge in [0, 0.05) is 38.4 Å². The highest BCUT2D eigenvalue weighted by Crippen LogP contribution is 2.24. The number of carbonyl (C=O) groups is 1. The van der Waals surface area contributed by atoms with Crippen LogP contribution >= 0.6 is 0 Å². The van der Waals surface area contributed by atoms with Crippen LogP contribution in [0.5, 0.6) is 0 Å². The van der Waals surface area contributed by atoms with Gasteiger partial charge in [0.15, 0.2) is 5.69 Å². The van der Waals surface area contributed by atoms with Gasteiger partial charge < -0.3 is 10.0 Å². The molecule has 1 atom stereocenters. The molecule has 1 amide bonds. The van der Waals surface area contributed by atoms with Gasteiger partial charge in [-0.3, -0.25) is 14.4 Å². The Labute approximate surface area is 145 Å². The first-order valence-electron chi connectivity index (χ1n) is 8.89. The van der Waals surface area contributed by atoms with Crippen LogP contribution in [0.1, 0.15) is 63.6 Å². The Bertz CT molecular complexity index is 564. The third-order valence-electron chi connectivity index (χ3n) is 4.36. The topological polar surface area (TPSA) is 61.6 Å². The second-order valence-electron chi connectivity index (χ2n) is 8.13. The number of aliphatic hydroxyl groups is 1. The van der Waals surface area contributed by atoms with Gasteiger partial charge in [-0.15, -0.1) is 0 Å². The van der Waals surface area contributed by atoms with Crippen molar-refractivity contribution in [3.8, 4) is 0 Å². The van der Waals surface area contributed by atoms with Crippen molar-refractivity contribution in [2.45, 2.75) is 59.1 Å². The van der Waals surface area contributed by atoms with Crippen LogP contribution in [0, 0.1) is 0 Å². The Morgan fingerprint density at radius 3 is 2.21 bits per heavy atom. The minimum absolute atomic E-state index is 0.0107. The highest BCUT2D eigenvalue weighted by atomic mass is 16.3. The van der Waals surface area contributed by atoms with Crippen molar-refractivity contribution in [3.63, 3.8) is 0 Å². The average molecular weight is 336 g/mol. The van der Waals surface area contributed by atoms with Crippen LogP contribution in [-0.2, 0) is 5.54 Å². The predicted octanol–water partition coefficient (Wildman–Crippen LogP) is 1.90.